The highest BCUT2D eigenvalue weighted by Gasteiger charge is 2.44. The molecule has 27 heavy (non-hydrogen) atoms. The van der Waals surface area contributed by atoms with Gasteiger partial charge in [0.2, 0.25) is 0 Å². The number of aliphatic hydroxyl groups excluding tert-OH is 5. The van der Waals surface area contributed by atoms with Crippen LogP contribution in [0.3, 0.4) is 0 Å². The van der Waals surface area contributed by atoms with Gasteiger partial charge in [0.15, 0.2) is 12.6 Å². The van der Waals surface area contributed by atoms with Crippen LogP contribution in [-0.2, 0) is 18.9 Å². The molecule has 0 saturated carbocycles. The second-order valence-corrected chi connectivity index (χ2v) is 7.25. The lowest BCUT2D eigenvalue weighted by Gasteiger charge is -2.41. The number of ether oxygens (including phenoxy) is 4. The molecule has 0 spiro atoms. The highest BCUT2D eigenvalue weighted by molar-refractivity contribution is 4.87. The van der Waals surface area contributed by atoms with Gasteiger partial charge in [-0.2, -0.15) is 0 Å². The molecule has 0 aromatic rings. The van der Waals surface area contributed by atoms with Crippen LogP contribution in [0.1, 0.15) is 45.4 Å². The molecule has 160 valence electrons. The summed E-state index contributed by atoms with van der Waals surface area (Å²) < 4.78 is 21.5. The summed E-state index contributed by atoms with van der Waals surface area (Å²) in [6.45, 7) is 2.32. The van der Waals surface area contributed by atoms with Crippen LogP contribution in [-0.4, -0.2) is 94.6 Å². The lowest BCUT2D eigenvalue weighted by atomic mass is 10.0. The summed E-state index contributed by atoms with van der Waals surface area (Å²) in [5.41, 5.74) is 0. The van der Waals surface area contributed by atoms with E-state index >= 15 is 0 Å². The first-order valence-electron chi connectivity index (χ1n) is 9.86. The number of hydrogen-bond acceptors (Lipinski definition) is 9. The first-order valence-corrected chi connectivity index (χ1v) is 9.86. The van der Waals surface area contributed by atoms with Crippen molar-refractivity contribution in [2.24, 2.45) is 0 Å². The molecule has 2 heterocycles. The van der Waals surface area contributed by atoms with Gasteiger partial charge in [-0.3, -0.25) is 0 Å². The molecule has 0 aromatic heterocycles. The van der Waals surface area contributed by atoms with E-state index in [2.05, 4.69) is 6.92 Å². The zero-order valence-corrected chi connectivity index (χ0v) is 15.9. The van der Waals surface area contributed by atoms with Crippen LogP contribution >= 0.6 is 0 Å². The molecule has 2 rings (SSSR count). The summed E-state index contributed by atoms with van der Waals surface area (Å²) in [4.78, 5) is 0. The standard InChI is InChI=1S/C18H34O9/c1-2-3-4-5-6-7-8-24-17-16(23)14(21)12(10-26-17)27-18-15(22)13(20)11(19)9-25-18/h11-23H,2-10H2,1H3/t11-,12-,13+,14+,15-,16-,17-,18+/m1/s1. The quantitative estimate of drug-likeness (QED) is 0.303. The van der Waals surface area contributed by atoms with E-state index in [0.717, 1.165) is 19.3 Å². The second-order valence-electron chi connectivity index (χ2n) is 7.25. The lowest BCUT2D eigenvalue weighted by molar-refractivity contribution is -0.328. The Morgan fingerprint density at radius 2 is 1.37 bits per heavy atom. The topological polar surface area (TPSA) is 138 Å². The highest BCUT2D eigenvalue weighted by Crippen LogP contribution is 2.24. The van der Waals surface area contributed by atoms with Crippen LogP contribution in [0, 0.1) is 0 Å². The fourth-order valence-electron chi connectivity index (χ4n) is 3.19. The SMILES string of the molecule is CCCCCCCCO[C@@H]1OC[C@@H](O[C@@H]2OC[C@@H](O)[C@H](O)[C@H]2O)[C@H](O)[C@H]1O. The monoisotopic (exact) mass is 394 g/mol. The van der Waals surface area contributed by atoms with Crippen molar-refractivity contribution in [3.63, 3.8) is 0 Å². The Bertz CT molecular complexity index is 410. The normalized spacial score (nSPS) is 40.2. The molecule has 2 saturated heterocycles. The largest absolute Gasteiger partial charge is 0.388 e. The molecule has 0 unspecified atom stereocenters. The number of aliphatic hydroxyl groups is 5. The lowest BCUT2D eigenvalue weighted by Crippen LogP contribution is -2.59. The van der Waals surface area contributed by atoms with E-state index < -0.39 is 49.2 Å². The average molecular weight is 394 g/mol. The van der Waals surface area contributed by atoms with Gasteiger partial charge in [-0.05, 0) is 6.42 Å². The zero-order valence-electron chi connectivity index (χ0n) is 15.9. The fourth-order valence-corrected chi connectivity index (χ4v) is 3.19. The molecule has 0 radical (unpaired) electrons. The zero-order chi connectivity index (χ0) is 19.8. The predicted molar refractivity (Wildman–Crippen MR) is 93.7 cm³/mol. The van der Waals surface area contributed by atoms with E-state index in [1.165, 1.54) is 19.3 Å². The van der Waals surface area contributed by atoms with Crippen LogP contribution < -0.4 is 0 Å². The molecule has 0 aliphatic carbocycles. The van der Waals surface area contributed by atoms with Crippen LogP contribution in [0.5, 0.6) is 0 Å². The van der Waals surface area contributed by atoms with Crippen molar-refractivity contribution in [1.29, 1.82) is 0 Å². The Hall–Kier alpha value is -0.360. The first-order chi connectivity index (χ1) is 13.0. The van der Waals surface area contributed by atoms with Gasteiger partial charge in [0, 0.05) is 6.61 Å². The minimum absolute atomic E-state index is 0.0649. The van der Waals surface area contributed by atoms with Gasteiger partial charge >= 0.3 is 0 Å². The third-order valence-corrected chi connectivity index (χ3v) is 4.98. The average Bonchev–Trinajstić information content (AvgIpc) is 2.66. The molecule has 2 aliphatic rings. The molecule has 9 nitrogen and oxygen atoms in total. The van der Waals surface area contributed by atoms with E-state index in [1.807, 2.05) is 0 Å². The van der Waals surface area contributed by atoms with Gasteiger partial charge in [0.1, 0.15) is 36.6 Å². The van der Waals surface area contributed by atoms with Crippen molar-refractivity contribution in [3.8, 4) is 0 Å². The fraction of sp³-hybridized carbons (Fsp3) is 1.00. The van der Waals surface area contributed by atoms with Gasteiger partial charge in [-0.1, -0.05) is 39.0 Å². The summed E-state index contributed by atoms with van der Waals surface area (Å²) in [7, 11) is 0. The molecule has 2 fully saturated rings. The molecule has 0 bridgehead atoms. The Balaban J connectivity index is 1.70. The summed E-state index contributed by atoms with van der Waals surface area (Å²) in [6.07, 6.45) is -3.16. The number of unbranched alkanes of at least 4 members (excludes halogenated alkanes) is 5. The Labute approximate surface area is 159 Å². The van der Waals surface area contributed by atoms with Crippen LogP contribution in [0.25, 0.3) is 0 Å². The molecule has 5 N–H and O–H groups in total. The summed E-state index contributed by atoms with van der Waals surface area (Å²) >= 11 is 0. The Kier molecular flexibility index (Phi) is 9.85. The van der Waals surface area contributed by atoms with E-state index in [0.29, 0.717) is 6.61 Å². The van der Waals surface area contributed by atoms with Crippen molar-refractivity contribution in [2.75, 3.05) is 19.8 Å². The van der Waals surface area contributed by atoms with Gasteiger partial charge < -0.3 is 44.5 Å². The molecule has 2 aliphatic heterocycles. The maximum Gasteiger partial charge on any atom is 0.186 e. The van der Waals surface area contributed by atoms with Gasteiger partial charge in [-0.15, -0.1) is 0 Å². The van der Waals surface area contributed by atoms with E-state index in [4.69, 9.17) is 18.9 Å². The van der Waals surface area contributed by atoms with Crippen molar-refractivity contribution in [3.05, 3.63) is 0 Å². The highest BCUT2D eigenvalue weighted by atomic mass is 16.7. The van der Waals surface area contributed by atoms with Crippen molar-refractivity contribution < 1.29 is 44.5 Å². The van der Waals surface area contributed by atoms with Gasteiger partial charge in [0.25, 0.3) is 0 Å². The second kappa shape index (κ2) is 11.6. The molecule has 0 aromatic carbocycles. The number of rotatable bonds is 10. The molecule has 8 atom stereocenters. The van der Waals surface area contributed by atoms with Crippen LogP contribution in [0.15, 0.2) is 0 Å². The first kappa shape index (κ1) is 22.9. The van der Waals surface area contributed by atoms with Crippen molar-refractivity contribution in [1.82, 2.24) is 0 Å². The van der Waals surface area contributed by atoms with Crippen molar-refractivity contribution >= 4 is 0 Å². The van der Waals surface area contributed by atoms with Gasteiger partial charge in [-0.25, -0.2) is 0 Å². The Morgan fingerprint density at radius 1 is 0.741 bits per heavy atom. The van der Waals surface area contributed by atoms with Crippen LogP contribution in [0.4, 0.5) is 0 Å². The minimum Gasteiger partial charge on any atom is -0.388 e. The summed E-state index contributed by atoms with van der Waals surface area (Å²) in [6, 6.07) is 0. The maximum absolute atomic E-state index is 10.3. The Morgan fingerprint density at radius 3 is 2.11 bits per heavy atom. The third kappa shape index (κ3) is 6.59. The summed E-state index contributed by atoms with van der Waals surface area (Å²) in [5.74, 6) is 0. The maximum atomic E-state index is 10.3. The molecular weight excluding hydrogens is 360 g/mol. The summed E-state index contributed by atoms with van der Waals surface area (Å²) in [5, 5.41) is 49.5. The van der Waals surface area contributed by atoms with Crippen LogP contribution in [0.2, 0.25) is 0 Å². The minimum atomic E-state index is -1.47. The smallest absolute Gasteiger partial charge is 0.186 e. The molecule has 9 heteroatoms. The molecule has 0 amide bonds. The van der Waals surface area contributed by atoms with Crippen molar-refractivity contribution in [2.45, 2.75) is 94.7 Å². The van der Waals surface area contributed by atoms with E-state index in [-0.39, 0.29) is 13.2 Å². The van der Waals surface area contributed by atoms with E-state index in [1.54, 1.807) is 0 Å². The third-order valence-electron chi connectivity index (χ3n) is 4.98. The van der Waals surface area contributed by atoms with Gasteiger partial charge in [0.05, 0.1) is 13.2 Å². The number of hydrogen-bond donors (Lipinski definition) is 5. The van der Waals surface area contributed by atoms with E-state index in [9.17, 15) is 25.5 Å². The predicted octanol–water partition coefficient (Wildman–Crippen LogP) is -0.734. The molecular formula is C18H34O9.